The van der Waals surface area contributed by atoms with Gasteiger partial charge in [0.05, 0.1) is 0 Å². The van der Waals surface area contributed by atoms with E-state index < -0.39 is 0 Å². The average molecular weight is 961 g/mol. The second-order valence-electron chi connectivity index (χ2n) is 20.2. The van der Waals surface area contributed by atoms with Gasteiger partial charge in [0, 0.05) is 0 Å². The van der Waals surface area contributed by atoms with E-state index in [1.165, 1.54) is 153 Å². The van der Waals surface area contributed by atoms with Crippen LogP contribution in [0.4, 0.5) is 0 Å². The van der Waals surface area contributed by atoms with E-state index in [2.05, 4.69) is 291 Å². The largest absolute Gasteiger partial charge is 0.0616 e. The Hall–Kier alpha value is -9.88. The minimum Gasteiger partial charge on any atom is -0.0616 e. The molecule has 0 heteroatoms. The number of rotatable bonds is 7. The summed E-state index contributed by atoms with van der Waals surface area (Å²) in [5.41, 5.74) is 17.3. The SMILES string of the molecule is c1ccc(-c2c3ccccc3c(-c3ccc4cc(-c5ccc(-c6ccc(-c7c8ccccc8c(-c8ccc9ccccc9c8)c8ccccc78)cc6)cc5)ccc4c3)c3ccccc23)c(-c2cccc3ccccc23)c1. The summed E-state index contributed by atoms with van der Waals surface area (Å²) >= 11 is 0. The summed E-state index contributed by atoms with van der Waals surface area (Å²) in [4.78, 5) is 0. The highest BCUT2D eigenvalue weighted by Gasteiger charge is 2.21. The summed E-state index contributed by atoms with van der Waals surface area (Å²) in [6, 6.07) is 108. The van der Waals surface area contributed by atoms with Gasteiger partial charge in [-0.15, -0.1) is 0 Å². The molecule has 0 aromatic heterocycles. The van der Waals surface area contributed by atoms with Crippen LogP contribution in [0.15, 0.2) is 291 Å². The predicted molar refractivity (Wildman–Crippen MR) is 327 cm³/mol. The van der Waals surface area contributed by atoms with Gasteiger partial charge in [0.25, 0.3) is 0 Å². The standard InChI is InChI=1S/C76H48/c1-2-18-55-47-59(44-38-49(55)16-1)74-67-25-9-7-23-65(67)73(66-24-8-10-26-68(66)74)54-39-36-51(37-40-54)50-32-34-52(35-33-50)56-41-42-58-48-60(45-43-57(58)46-56)75-69-27-11-13-29-71(69)76(72-30-14-12-28-70(72)75)64-22-6-5-21-63(64)62-31-15-19-53-17-3-4-20-61(53)62/h1-48H. The molecule has 0 amide bonds. The van der Waals surface area contributed by atoms with Crippen LogP contribution in [-0.2, 0) is 0 Å². The third kappa shape index (κ3) is 7.22. The molecule has 0 saturated carbocycles. The molecule has 0 spiro atoms. The van der Waals surface area contributed by atoms with Crippen molar-refractivity contribution in [2.24, 2.45) is 0 Å². The Labute approximate surface area is 442 Å². The lowest BCUT2D eigenvalue weighted by Crippen LogP contribution is -1.93. The normalized spacial score (nSPS) is 11.7. The van der Waals surface area contributed by atoms with Crippen molar-refractivity contribution in [1.82, 2.24) is 0 Å². The maximum atomic E-state index is 2.38. The van der Waals surface area contributed by atoms with Crippen molar-refractivity contribution in [2.45, 2.75) is 0 Å². The molecular formula is C76H48. The van der Waals surface area contributed by atoms with Gasteiger partial charge in [0.1, 0.15) is 0 Å². The van der Waals surface area contributed by atoms with E-state index in [-0.39, 0.29) is 0 Å². The second-order valence-corrected chi connectivity index (χ2v) is 20.2. The number of benzene rings is 15. The highest BCUT2D eigenvalue weighted by Crippen LogP contribution is 2.48. The van der Waals surface area contributed by atoms with Crippen LogP contribution in [0.3, 0.4) is 0 Å². The third-order valence-corrected chi connectivity index (χ3v) is 16.0. The summed E-state index contributed by atoms with van der Waals surface area (Å²) in [5, 5.41) is 17.5. The Balaban J connectivity index is 0.753. The minimum absolute atomic E-state index is 1.20. The first-order valence-corrected chi connectivity index (χ1v) is 26.4. The van der Waals surface area contributed by atoms with Crippen LogP contribution in [-0.4, -0.2) is 0 Å². The van der Waals surface area contributed by atoms with Gasteiger partial charge < -0.3 is 0 Å². The number of hydrogen-bond donors (Lipinski definition) is 0. The molecule has 0 nitrogen and oxygen atoms in total. The fourth-order valence-electron chi connectivity index (χ4n) is 12.5. The van der Waals surface area contributed by atoms with E-state index in [9.17, 15) is 0 Å². The average Bonchev–Trinajstić information content (AvgIpc) is 3.53. The summed E-state index contributed by atoms with van der Waals surface area (Å²) in [5.74, 6) is 0. The molecule has 0 N–H and O–H groups in total. The van der Waals surface area contributed by atoms with Gasteiger partial charge in [-0.2, -0.15) is 0 Å². The Morgan fingerprint density at radius 3 is 0.934 bits per heavy atom. The monoisotopic (exact) mass is 960 g/mol. The van der Waals surface area contributed by atoms with E-state index >= 15 is 0 Å². The molecule has 0 bridgehead atoms. The molecule has 15 aromatic rings. The van der Waals surface area contributed by atoms with Crippen molar-refractivity contribution in [3.8, 4) is 77.9 Å². The van der Waals surface area contributed by atoms with E-state index in [4.69, 9.17) is 0 Å². The molecule has 0 radical (unpaired) electrons. The lowest BCUT2D eigenvalue weighted by molar-refractivity contribution is 1.59. The van der Waals surface area contributed by atoms with Crippen molar-refractivity contribution in [2.75, 3.05) is 0 Å². The van der Waals surface area contributed by atoms with E-state index in [0.29, 0.717) is 0 Å². The molecular weight excluding hydrogens is 913 g/mol. The molecule has 0 aliphatic heterocycles. The number of hydrogen-bond acceptors (Lipinski definition) is 0. The van der Waals surface area contributed by atoms with E-state index in [1.807, 2.05) is 0 Å². The van der Waals surface area contributed by atoms with Crippen LogP contribution >= 0.6 is 0 Å². The van der Waals surface area contributed by atoms with Crippen molar-refractivity contribution in [3.63, 3.8) is 0 Å². The Bertz CT molecular complexity index is 4670. The van der Waals surface area contributed by atoms with Gasteiger partial charge in [-0.25, -0.2) is 0 Å². The van der Waals surface area contributed by atoms with Gasteiger partial charge in [-0.05, 0) is 171 Å². The van der Waals surface area contributed by atoms with Gasteiger partial charge >= 0.3 is 0 Å². The lowest BCUT2D eigenvalue weighted by Gasteiger charge is -2.20. The van der Waals surface area contributed by atoms with Crippen LogP contribution in [0.2, 0.25) is 0 Å². The highest BCUT2D eigenvalue weighted by molar-refractivity contribution is 6.24. The maximum Gasteiger partial charge on any atom is -0.00201 e. The van der Waals surface area contributed by atoms with E-state index in [1.54, 1.807) is 0 Å². The van der Waals surface area contributed by atoms with Crippen molar-refractivity contribution in [3.05, 3.63) is 291 Å². The molecule has 352 valence electrons. The van der Waals surface area contributed by atoms with Crippen molar-refractivity contribution >= 4 is 75.4 Å². The second kappa shape index (κ2) is 18.0. The minimum atomic E-state index is 1.20. The molecule has 0 atom stereocenters. The quantitative estimate of drug-likeness (QED) is 0.140. The Kier molecular flexibility index (Phi) is 10.3. The van der Waals surface area contributed by atoms with Crippen LogP contribution in [0, 0.1) is 0 Å². The Morgan fingerprint density at radius 2 is 0.421 bits per heavy atom. The van der Waals surface area contributed by atoms with Gasteiger partial charge in [-0.3, -0.25) is 0 Å². The summed E-state index contributed by atoms with van der Waals surface area (Å²) in [6.45, 7) is 0. The number of fused-ring (bicyclic) bond motifs is 7. The van der Waals surface area contributed by atoms with Crippen LogP contribution in [0.1, 0.15) is 0 Å². The first-order chi connectivity index (χ1) is 37.7. The zero-order chi connectivity index (χ0) is 50.1. The van der Waals surface area contributed by atoms with Crippen LogP contribution in [0.5, 0.6) is 0 Å². The third-order valence-electron chi connectivity index (χ3n) is 16.0. The van der Waals surface area contributed by atoms with Crippen molar-refractivity contribution in [1.29, 1.82) is 0 Å². The highest BCUT2D eigenvalue weighted by atomic mass is 14.2. The molecule has 0 unspecified atom stereocenters. The molecule has 0 heterocycles. The lowest BCUT2D eigenvalue weighted by atomic mass is 9.83. The smallest absolute Gasteiger partial charge is 0.00201 e. The molecule has 15 aromatic carbocycles. The van der Waals surface area contributed by atoms with Crippen LogP contribution in [0.25, 0.3) is 153 Å². The summed E-state index contributed by atoms with van der Waals surface area (Å²) in [6.07, 6.45) is 0. The Morgan fingerprint density at radius 1 is 0.132 bits per heavy atom. The van der Waals surface area contributed by atoms with E-state index in [0.717, 1.165) is 0 Å². The van der Waals surface area contributed by atoms with Gasteiger partial charge in [0.15, 0.2) is 0 Å². The topological polar surface area (TPSA) is 0 Å². The molecule has 0 saturated heterocycles. The fourth-order valence-corrected chi connectivity index (χ4v) is 12.5. The first kappa shape index (κ1) is 43.7. The van der Waals surface area contributed by atoms with Crippen molar-refractivity contribution < 1.29 is 0 Å². The molecule has 76 heavy (non-hydrogen) atoms. The molecule has 0 fully saturated rings. The van der Waals surface area contributed by atoms with Crippen LogP contribution < -0.4 is 0 Å². The fraction of sp³-hybridized carbons (Fsp3) is 0. The van der Waals surface area contributed by atoms with Gasteiger partial charge in [-0.1, -0.05) is 273 Å². The molecule has 0 aliphatic carbocycles. The first-order valence-electron chi connectivity index (χ1n) is 26.4. The molecule has 15 rings (SSSR count). The summed E-state index contributed by atoms with van der Waals surface area (Å²) < 4.78 is 0. The molecule has 0 aliphatic rings. The van der Waals surface area contributed by atoms with Gasteiger partial charge in [0.2, 0.25) is 0 Å². The predicted octanol–water partition coefficient (Wildman–Crippen LogP) is 21.4. The zero-order valence-electron chi connectivity index (χ0n) is 41.7. The maximum absolute atomic E-state index is 2.38. The summed E-state index contributed by atoms with van der Waals surface area (Å²) in [7, 11) is 0. The zero-order valence-corrected chi connectivity index (χ0v) is 41.7.